The maximum Gasteiger partial charge on any atom is 0.419 e. The molecule has 226 valence electrons. The molecule has 2 fully saturated rings. The number of nitrogens with two attached hydrogens (primary N) is 1. The predicted molar refractivity (Wildman–Crippen MR) is 148 cm³/mol. The zero-order chi connectivity index (χ0) is 30.4. The van der Waals surface area contributed by atoms with Crippen molar-refractivity contribution in [1.82, 2.24) is 9.88 Å². The second-order valence-corrected chi connectivity index (χ2v) is 11.5. The number of aromatic nitrogens is 1. The van der Waals surface area contributed by atoms with Crippen LogP contribution in [0.5, 0.6) is 0 Å². The maximum absolute atomic E-state index is 14.5. The van der Waals surface area contributed by atoms with Gasteiger partial charge in [-0.1, -0.05) is 6.42 Å². The van der Waals surface area contributed by atoms with E-state index in [1.54, 1.807) is 0 Å². The number of primary amides is 1. The van der Waals surface area contributed by atoms with Crippen LogP contribution >= 0.6 is 0 Å². The van der Waals surface area contributed by atoms with Gasteiger partial charge in [-0.05, 0) is 76.7 Å². The molecule has 3 heterocycles. The highest BCUT2D eigenvalue weighted by molar-refractivity contribution is 6.36. The monoisotopic (exact) mass is 591 g/mol. The first kappa shape index (κ1) is 29.8. The fourth-order valence-corrected chi connectivity index (χ4v) is 6.45. The Balaban J connectivity index is 1.44. The van der Waals surface area contributed by atoms with Crippen molar-refractivity contribution in [3.8, 4) is 0 Å². The minimum atomic E-state index is -4.95. The number of piperidine rings is 1. The van der Waals surface area contributed by atoms with Crippen molar-refractivity contribution in [1.29, 1.82) is 0 Å². The second kappa shape index (κ2) is 11.2. The summed E-state index contributed by atoms with van der Waals surface area (Å²) in [7, 11) is 0. The van der Waals surface area contributed by atoms with E-state index in [2.05, 4.69) is 20.5 Å². The van der Waals surface area contributed by atoms with Crippen molar-refractivity contribution in [2.75, 3.05) is 30.3 Å². The number of H-pyrrole nitrogens is 1. The summed E-state index contributed by atoms with van der Waals surface area (Å²) >= 11 is 0. The molecule has 13 heteroatoms. The molecule has 1 aromatic heterocycles. The van der Waals surface area contributed by atoms with Crippen molar-refractivity contribution >= 4 is 40.7 Å². The van der Waals surface area contributed by atoms with Crippen LogP contribution in [0.2, 0.25) is 0 Å². The third kappa shape index (κ3) is 5.93. The van der Waals surface area contributed by atoms with E-state index in [9.17, 15) is 37.1 Å². The van der Waals surface area contributed by atoms with Gasteiger partial charge in [0.25, 0.3) is 5.91 Å². The molecule has 0 unspecified atom stereocenters. The van der Waals surface area contributed by atoms with E-state index in [-0.39, 0.29) is 41.0 Å². The van der Waals surface area contributed by atoms with Crippen LogP contribution < -0.4 is 16.4 Å². The van der Waals surface area contributed by atoms with Gasteiger partial charge in [0, 0.05) is 23.7 Å². The number of aryl methyl sites for hydroxylation is 1. The lowest BCUT2D eigenvalue weighted by atomic mass is 9.75. The van der Waals surface area contributed by atoms with Gasteiger partial charge >= 0.3 is 12.2 Å². The summed E-state index contributed by atoms with van der Waals surface area (Å²) in [6.45, 7) is 3.65. The molecule has 42 heavy (non-hydrogen) atoms. The van der Waals surface area contributed by atoms with Gasteiger partial charge < -0.3 is 31.4 Å². The molecule has 2 aromatic rings. The Morgan fingerprint density at radius 1 is 1.19 bits per heavy atom. The Kier molecular flexibility index (Phi) is 7.92. The number of carbonyl (C=O) groups is 3. The number of fused-ring (bicyclic) bond motifs is 1. The van der Waals surface area contributed by atoms with Gasteiger partial charge in [-0.2, -0.15) is 13.2 Å². The van der Waals surface area contributed by atoms with Crippen LogP contribution in [0, 0.1) is 18.7 Å². The predicted octanol–water partition coefficient (Wildman–Crippen LogP) is 5.05. The SMILES string of the molecule is Cc1[nH]c(/C=C2\C(=O)Nc3c(NC(N)=O)cc(F)cc32)c(C(F)(F)F)c1C(=O)C1CCC(O)(CN2CCCCC2)CC1. The van der Waals surface area contributed by atoms with Gasteiger partial charge in [0.15, 0.2) is 5.78 Å². The number of hydrogen-bond acceptors (Lipinski definition) is 5. The van der Waals surface area contributed by atoms with Crippen molar-refractivity contribution in [3.63, 3.8) is 0 Å². The number of likely N-dealkylation sites (tertiary alicyclic amines) is 1. The Hall–Kier alpha value is -3.71. The quantitative estimate of drug-likeness (QED) is 0.182. The van der Waals surface area contributed by atoms with E-state index >= 15 is 0 Å². The van der Waals surface area contributed by atoms with Gasteiger partial charge in [0.05, 0.1) is 39.4 Å². The number of nitrogens with one attached hydrogen (secondary N) is 3. The van der Waals surface area contributed by atoms with E-state index in [0.29, 0.717) is 19.4 Å². The Morgan fingerprint density at radius 3 is 2.48 bits per heavy atom. The number of β-amino-alcohol motifs (C(OH)–C–C–N with tert-alkyl or cyclic N) is 1. The zero-order valence-electron chi connectivity index (χ0n) is 23.1. The largest absolute Gasteiger partial charge is 0.419 e. The number of benzene rings is 1. The number of urea groups is 1. The molecule has 1 aromatic carbocycles. The minimum Gasteiger partial charge on any atom is -0.389 e. The maximum atomic E-state index is 14.5. The van der Waals surface area contributed by atoms with Crippen molar-refractivity contribution in [2.45, 2.75) is 63.6 Å². The third-order valence-electron chi connectivity index (χ3n) is 8.42. The number of aromatic amines is 1. The number of alkyl halides is 3. The van der Waals surface area contributed by atoms with E-state index in [0.717, 1.165) is 50.6 Å². The van der Waals surface area contributed by atoms with Gasteiger partial charge in [0.2, 0.25) is 0 Å². The molecule has 0 spiro atoms. The standard InChI is InChI=1S/C29H33F4N5O4/c1-15-22(25(39)16-5-7-28(42,8-6-16)14-38-9-3-2-4-10-38)23(29(31,32)33)20(35-15)13-19-18-11-17(30)12-21(36-27(34)41)24(18)37-26(19)40/h11-13,16,35,42H,2-10,14H2,1H3,(H,37,40)(H3,34,36,41)/b19-13-. The molecule has 1 aliphatic carbocycles. The number of carbonyl (C=O) groups excluding carboxylic acids is 3. The molecule has 6 N–H and O–H groups in total. The molecule has 3 amide bonds. The minimum absolute atomic E-state index is 0.0118. The molecular weight excluding hydrogens is 558 g/mol. The number of anilines is 2. The zero-order valence-corrected chi connectivity index (χ0v) is 23.1. The van der Waals surface area contributed by atoms with E-state index < -0.39 is 58.1 Å². The Bertz CT molecular complexity index is 1450. The van der Waals surface area contributed by atoms with Crippen molar-refractivity contribution < 1.29 is 37.1 Å². The van der Waals surface area contributed by atoms with Crippen LogP contribution in [0.3, 0.4) is 0 Å². The lowest BCUT2D eigenvalue weighted by Gasteiger charge is -2.40. The summed E-state index contributed by atoms with van der Waals surface area (Å²) in [5.74, 6) is -3.05. The van der Waals surface area contributed by atoms with Crippen LogP contribution in [-0.4, -0.2) is 57.9 Å². The van der Waals surface area contributed by atoms with Crippen molar-refractivity contribution in [2.24, 2.45) is 11.7 Å². The summed E-state index contributed by atoms with van der Waals surface area (Å²) in [6, 6.07) is 0.846. The summed E-state index contributed by atoms with van der Waals surface area (Å²) in [5, 5.41) is 15.8. The van der Waals surface area contributed by atoms with Gasteiger partial charge in [-0.25, -0.2) is 9.18 Å². The number of amides is 3. The molecule has 9 nitrogen and oxygen atoms in total. The summed E-state index contributed by atoms with van der Waals surface area (Å²) in [4.78, 5) is 42.5. The van der Waals surface area contributed by atoms with Crippen LogP contribution in [-0.2, 0) is 11.0 Å². The molecule has 3 aliphatic rings. The highest BCUT2D eigenvalue weighted by Crippen LogP contribution is 2.44. The number of aliphatic hydroxyl groups is 1. The summed E-state index contributed by atoms with van der Waals surface area (Å²) in [5.41, 5.74) is 1.36. The van der Waals surface area contributed by atoms with Gasteiger partial charge in [-0.3, -0.25) is 9.59 Å². The van der Waals surface area contributed by atoms with Crippen LogP contribution in [0.15, 0.2) is 12.1 Å². The molecular formula is C29H33F4N5O4. The molecule has 0 bridgehead atoms. The Morgan fingerprint density at radius 2 is 1.86 bits per heavy atom. The third-order valence-corrected chi connectivity index (χ3v) is 8.42. The summed E-state index contributed by atoms with van der Waals surface area (Å²) < 4.78 is 57.8. The first-order valence-electron chi connectivity index (χ1n) is 14.0. The van der Waals surface area contributed by atoms with Crippen LogP contribution in [0.4, 0.5) is 33.7 Å². The smallest absolute Gasteiger partial charge is 0.389 e. The number of Topliss-reactive ketones (excluding diaryl/α,β-unsaturated/α-hetero) is 1. The average Bonchev–Trinajstić information content (AvgIpc) is 3.40. The highest BCUT2D eigenvalue weighted by Gasteiger charge is 2.44. The number of ketones is 1. The molecule has 0 atom stereocenters. The highest BCUT2D eigenvalue weighted by atomic mass is 19.4. The van der Waals surface area contributed by atoms with Crippen LogP contribution in [0.25, 0.3) is 11.6 Å². The summed E-state index contributed by atoms with van der Waals surface area (Å²) in [6.07, 6.45) is 0.399. The first-order chi connectivity index (χ1) is 19.8. The number of rotatable bonds is 6. The lowest BCUT2D eigenvalue weighted by molar-refractivity contribution is -0.138. The molecule has 0 radical (unpaired) electrons. The van der Waals surface area contributed by atoms with Crippen molar-refractivity contribution in [3.05, 3.63) is 46.0 Å². The molecule has 2 aliphatic heterocycles. The fourth-order valence-electron chi connectivity index (χ4n) is 6.45. The Labute approximate surface area is 239 Å². The lowest BCUT2D eigenvalue weighted by Crippen LogP contribution is -2.47. The number of hydrogen-bond donors (Lipinski definition) is 5. The van der Waals surface area contributed by atoms with E-state index in [4.69, 9.17) is 5.73 Å². The number of halogens is 4. The normalized spacial score (nSPS) is 24.0. The second-order valence-electron chi connectivity index (χ2n) is 11.5. The van der Waals surface area contributed by atoms with Gasteiger partial charge in [0.1, 0.15) is 5.82 Å². The van der Waals surface area contributed by atoms with E-state index in [1.165, 1.54) is 6.92 Å². The fraction of sp³-hybridized carbons (Fsp3) is 0.483. The first-order valence-corrected chi connectivity index (χ1v) is 14.0. The molecule has 5 rings (SSSR count). The topological polar surface area (TPSA) is 141 Å². The van der Waals surface area contributed by atoms with Crippen LogP contribution in [0.1, 0.15) is 77.8 Å². The average molecular weight is 592 g/mol. The molecule has 1 saturated heterocycles. The van der Waals surface area contributed by atoms with E-state index in [1.807, 2.05) is 0 Å². The van der Waals surface area contributed by atoms with Gasteiger partial charge in [-0.15, -0.1) is 0 Å². The number of nitrogens with zero attached hydrogens (tertiary/aromatic N) is 1. The molecule has 1 saturated carbocycles.